The van der Waals surface area contributed by atoms with Crippen molar-refractivity contribution in [2.45, 2.75) is 20.3 Å². The molecule has 1 rings (SSSR count). The summed E-state index contributed by atoms with van der Waals surface area (Å²) in [6.45, 7) is 4.49. The van der Waals surface area contributed by atoms with Gasteiger partial charge in [-0.25, -0.2) is 4.79 Å². The first-order valence-electron chi connectivity index (χ1n) is 5.54. The van der Waals surface area contributed by atoms with E-state index >= 15 is 0 Å². The van der Waals surface area contributed by atoms with Crippen molar-refractivity contribution in [1.29, 1.82) is 0 Å². The molecule has 0 aromatic heterocycles. The molecule has 0 saturated heterocycles. The van der Waals surface area contributed by atoms with Crippen LogP contribution in [0.15, 0.2) is 12.1 Å². The van der Waals surface area contributed by atoms with Gasteiger partial charge in [-0.1, -0.05) is 12.1 Å². The quantitative estimate of drug-likeness (QED) is 0.875. The monoisotopic (exact) mass is 237 g/mol. The average molecular weight is 237 g/mol. The van der Waals surface area contributed by atoms with Crippen LogP contribution in [0.5, 0.6) is 5.75 Å². The van der Waals surface area contributed by atoms with E-state index in [1.54, 1.807) is 14.2 Å². The molecule has 94 valence electrons. The highest BCUT2D eigenvalue weighted by Crippen LogP contribution is 2.24. The van der Waals surface area contributed by atoms with E-state index in [-0.39, 0.29) is 0 Å². The molecule has 0 aliphatic carbocycles. The van der Waals surface area contributed by atoms with E-state index in [1.807, 2.05) is 26.0 Å². The smallest absolute Gasteiger partial charge is 0.407 e. The van der Waals surface area contributed by atoms with Gasteiger partial charge in [0.1, 0.15) is 5.75 Å². The fourth-order valence-electron chi connectivity index (χ4n) is 1.90. The zero-order valence-electron chi connectivity index (χ0n) is 10.8. The molecular formula is C13H19NO3. The highest BCUT2D eigenvalue weighted by atomic mass is 16.5. The van der Waals surface area contributed by atoms with E-state index < -0.39 is 6.09 Å². The number of carbonyl (C=O) groups is 1. The molecule has 0 fully saturated rings. The fraction of sp³-hybridized carbons (Fsp3) is 0.462. The summed E-state index contributed by atoms with van der Waals surface area (Å²) in [6, 6.07) is 4.09. The number of carboxylic acid groups (broad SMARTS) is 1. The molecule has 0 atom stereocenters. The van der Waals surface area contributed by atoms with E-state index in [1.165, 1.54) is 4.90 Å². The first-order chi connectivity index (χ1) is 7.95. The van der Waals surface area contributed by atoms with Crippen LogP contribution in [-0.4, -0.2) is 36.8 Å². The van der Waals surface area contributed by atoms with E-state index in [0.717, 1.165) is 22.4 Å². The Morgan fingerprint density at radius 2 is 1.88 bits per heavy atom. The number of hydrogen-bond acceptors (Lipinski definition) is 2. The zero-order chi connectivity index (χ0) is 13.0. The zero-order valence-corrected chi connectivity index (χ0v) is 10.8. The van der Waals surface area contributed by atoms with Gasteiger partial charge in [0.2, 0.25) is 0 Å². The van der Waals surface area contributed by atoms with Gasteiger partial charge in [0.05, 0.1) is 7.11 Å². The number of rotatable bonds is 4. The summed E-state index contributed by atoms with van der Waals surface area (Å²) in [5.41, 5.74) is 3.30. The first kappa shape index (κ1) is 13.4. The highest BCUT2D eigenvalue weighted by Gasteiger charge is 2.08. The van der Waals surface area contributed by atoms with Crippen LogP contribution in [0.2, 0.25) is 0 Å². The number of nitrogens with zero attached hydrogens (tertiary/aromatic N) is 1. The van der Waals surface area contributed by atoms with Crippen LogP contribution < -0.4 is 4.74 Å². The molecule has 0 spiro atoms. The molecule has 0 aliphatic rings. The normalized spacial score (nSPS) is 10.1. The third kappa shape index (κ3) is 3.37. The van der Waals surface area contributed by atoms with Crippen molar-refractivity contribution in [2.24, 2.45) is 0 Å². The lowest BCUT2D eigenvalue weighted by atomic mass is 10.0. The van der Waals surface area contributed by atoms with E-state index in [9.17, 15) is 4.79 Å². The molecule has 0 radical (unpaired) electrons. The molecule has 17 heavy (non-hydrogen) atoms. The molecule has 1 N–H and O–H groups in total. The SMILES string of the molecule is COc1c(C)cc(CCN(C)C(=O)O)cc1C. The van der Waals surface area contributed by atoms with Gasteiger partial charge in [-0.2, -0.15) is 0 Å². The van der Waals surface area contributed by atoms with Gasteiger partial charge in [-0.3, -0.25) is 0 Å². The lowest BCUT2D eigenvalue weighted by molar-refractivity contribution is 0.156. The average Bonchev–Trinajstić information content (AvgIpc) is 2.25. The molecular weight excluding hydrogens is 218 g/mol. The Morgan fingerprint density at radius 3 is 2.29 bits per heavy atom. The maximum absolute atomic E-state index is 10.7. The standard InChI is InChI=1S/C13H19NO3/c1-9-7-11(5-6-14(3)13(15)16)8-10(2)12(9)17-4/h7-8H,5-6H2,1-4H3,(H,15,16). The molecule has 4 heteroatoms. The predicted octanol–water partition coefficient (Wildman–Crippen LogP) is 2.46. The van der Waals surface area contributed by atoms with Crippen molar-refractivity contribution >= 4 is 6.09 Å². The molecule has 0 aliphatic heterocycles. The van der Waals surface area contributed by atoms with Crippen molar-refractivity contribution in [1.82, 2.24) is 4.90 Å². The third-order valence-electron chi connectivity index (χ3n) is 2.79. The Kier molecular flexibility index (Phi) is 4.37. The van der Waals surface area contributed by atoms with Gasteiger partial charge in [-0.05, 0) is 37.0 Å². The van der Waals surface area contributed by atoms with Gasteiger partial charge < -0.3 is 14.7 Å². The minimum Gasteiger partial charge on any atom is -0.496 e. The second-order valence-electron chi connectivity index (χ2n) is 4.22. The maximum Gasteiger partial charge on any atom is 0.407 e. The molecule has 0 saturated carbocycles. The van der Waals surface area contributed by atoms with Gasteiger partial charge in [0, 0.05) is 13.6 Å². The maximum atomic E-state index is 10.7. The van der Waals surface area contributed by atoms with Crippen molar-refractivity contribution in [3.05, 3.63) is 28.8 Å². The number of hydrogen-bond donors (Lipinski definition) is 1. The van der Waals surface area contributed by atoms with E-state index in [4.69, 9.17) is 9.84 Å². The first-order valence-corrected chi connectivity index (χ1v) is 5.54. The summed E-state index contributed by atoms with van der Waals surface area (Å²) < 4.78 is 5.29. The Bertz CT molecular complexity index is 392. The lowest BCUT2D eigenvalue weighted by Crippen LogP contribution is -2.26. The van der Waals surface area contributed by atoms with Gasteiger partial charge >= 0.3 is 6.09 Å². The minimum atomic E-state index is -0.896. The third-order valence-corrected chi connectivity index (χ3v) is 2.79. The van der Waals surface area contributed by atoms with Crippen molar-refractivity contribution in [3.63, 3.8) is 0 Å². The van der Waals surface area contributed by atoms with Crippen LogP contribution in [0.3, 0.4) is 0 Å². The van der Waals surface area contributed by atoms with Crippen LogP contribution in [0.1, 0.15) is 16.7 Å². The van der Waals surface area contributed by atoms with E-state index in [0.29, 0.717) is 13.0 Å². The summed E-state index contributed by atoms with van der Waals surface area (Å²) in [7, 11) is 3.23. The van der Waals surface area contributed by atoms with E-state index in [2.05, 4.69) is 0 Å². The van der Waals surface area contributed by atoms with Gasteiger partial charge in [0.15, 0.2) is 0 Å². The number of benzene rings is 1. The summed E-state index contributed by atoms with van der Waals surface area (Å²) in [5.74, 6) is 0.903. The Hall–Kier alpha value is -1.71. The Labute approximate surface area is 102 Å². The molecule has 1 aromatic carbocycles. The molecule has 1 aromatic rings. The number of aryl methyl sites for hydroxylation is 2. The topological polar surface area (TPSA) is 49.8 Å². The van der Waals surface area contributed by atoms with Crippen LogP contribution in [0, 0.1) is 13.8 Å². The van der Waals surface area contributed by atoms with Crippen molar-refractivity contribution in [3.8, 4) is 5.75 Å². The summed E-state index contributed by atoms with van der Waals surface area (Å²) in [6.07, 6.45) is -0.180. The van der Waals surface area contributed by atoms with Crippen LogP contribution >= 0.6 is 0 Å². The number of amides is 1. The molecule has 4 nitrogen and oxygen atoms in total. The molecule has 1 amide bonds. The van der Waals surface area contributed by atoms with Crippen molar-refractivity contribution < 1.29 is 14.6 Å². The van der Waals surface area contributed by atoms with Crippen LogP contribution in [-0.2, 0) is 6.42 Å². The van der Waals surface area contributed by atoms with Crippen LogP contribution in [0.25, 0.3) is 0 Å². The predicted molar refractivity (Wildman–Crippen MR) is 66.8 cm³/mol. The number of methoxy groups -OCH3 is 1. The summed E-state index contributed by atoms with van der Waals surface area (Å²) in [5, 5.41) is 8.76. The lowest BCUT2D eigenvalue weighted by Gasteiger charge is -2.15. The highest BCUT2D eigenvalue weighted by molar-refractivity contribution is 5.64. The Morgan fingerprint density at radius 1 is 1.35 bits per heavy atom. The number of ether oxygens (including phenoxy) is 1. The molecule has 0 unspecified atom stereocenters. The fourth-order valence-corrected chi connectivity index (χ4v) is 1.90. The molecule has 0 heterocycles. The van der Waals surface area contributed by atoms with Crippen molar-refractivity contribution in [2.75, 3.05) is 20.7 Å². The van der Waals surface area contributed by atoms with Crippen LogP contribution in [0.4, 0.5) is 4.79 Å². The van der Waals surface area contributed by atoms with Gasteiger partial charge in [0.25, 0.3) is 0 Å². The second-order valence-corrected chi connectivity index (χ2v) is 4.22. The molecule has 0 bridgehead atoms. The summed E-state index contributed by atoms with van der Waals surface area (Å²) in [4.78, 5) is 11.9. The number of likely N-dealkylation sites (N-methyl/N-ethyl adjacent to an activating group) is 1. The van der Waals surface area contributed by atoms with Gasteiger partial charge in [-0.15, -0.1) is 0 Å². The summed E-state index contributed by atoms with van der Waals surface area (Å²) >= 11 is 0. The largest absolute Gasteiger partial charge is 0.496 e. The Balaban J connectivity index is 2.77. The second kappa shape index (κ2) is 5.57. The minimum absolute atomic E-state index is 0.501.